The van der Waals surface area contributed by atoms with Crippen LogP contribution in [-0.2, 0) is 28.7 Å². The number of alkyl halides is 4. The fourth-order valence-corrected chi connectivity index (χ4v) is 6.71. The van der Waals surface area contributed by atoms with Gasteiger partial charge >= 0.3 is 6.18 Å². The van der Waals surface area contributed by atoms with Crippen molar-refractivity contribution >= 4 is 5.91 Å². The van der Waals surface area contributed by atoms with Gasteiger partial charge < -0.3 is 9.80 Å². The number of carbonyl (C=O) groups excluding carboxylic acids is 1. The van der Waals surface area contributed by atoms with Crippen molar-refractivity contribution in [1.82, 2.24) is 9.80 Å². The van der Waals surface area contributed by atoms with Crippen LogP contribution in [0.4, 0.5) is 22.0 Å². The zero-order valence-electron chi connectivity index (χ0n) is 21.2. The number of fused-ring (bicyclic) bond motifs is 3. The maximum absolute atomic E-state index is 14.8. The Kier molecular flexibility index (Phi) is 6.65. The highest BCUT2D eigenvalue weighted by molar-refractivity contribution is 5.80. The van der Waals surface area contributed by atoms with E-state index in [9.17, 15) is 26.7 Å². The summed E-state index contributed by atoms with van der Waals surface area (Å²) in [4.78, 5) is 17.3. The maximum atomic E-state index is 14.8. The van der Waals surface area contributed by atoms with Crippen molar-refractivity contribution in [2.24, 2.45) is 5.92 Å². The van der Waals surface area contributed by atoms with Crippen LogP contribution >= 0.6 is 0 Å². The van der Waals surface area contributed by atoms with E-state index in [0.717, 1.165) is 11.1 Å². The van der Waals surface area contributed by atoms with Crippen molar-refractivity contribution in [3.63, 3.8) is 0 Å². The van der Waals surface area contributed by atoms with Crippen LogP contribution in [0.25, 0.3) is 0 Å². The highest BCUT2D eigenvalue weighted by Gasteiger charge is 2.56. The SMILES string of the molecule is CC(F)(c1ccc2c(c1)CC[C@H]1N(C(=O)C3CCN(C#N)CC3)CC[C@@]21Cc1ccc(F)cc1)C(F)(F)F. The third-order valence-corrected chi connectivity index (χ3v) is 8.92. The number of hydrogen-bond donors (Lipinski definition) is 0. The number of benzene rings is 2. The third kappa shape index (κ3) is 4.42. The largest absolute Gasteiger partial charge is 0.426 e. The minimum Gasteiger partial charge on any atom is -0.339 e. The van der Waals surface area contributed by atoms with E-state index < -0.39 is 22.8 Å². The van der Waals surface area contributed by atoms with Gasteiger partial charge in [0, 0.05) is 37.0 Å². The minimum absolute atomic E-state index is 0.0574. The second kappa shape index (κ2) is 9.55. The molecule has 1 amide bonds. The maximum Gasteiger partial charge on any atom is 0.426 e. The fourth-order valence-electron chi connectivity index (χ4n) is 6.71. The Morgan fingerprint density at radius 3 is 2.37 bits per heavy atom. The van der Waals surface area contributed by atoms with E-state index in [1.165, 1.54) is 24.3 Å². The van der Waals surface area contributed by atoms with Crippen LogP contribution in [0, 0.1) is 23.2 Å². The predicted molar refractivity (Wildman–Crippen MR) is 131 cm³/mol. The summed E-state index contributed by atoms with van der Waals surface area (Å²) in [5, 5.41) is 9.15. The van der Waals surface area contributed by atoms with Gasteiger partial charge in [0.1, 0.15) is 5.82 Å². The molecule has 0 spiro atoms. The number of amides is 1. The third-order valence-electron chi connectivity index (χ3n) is 8.92. The van der Waals surface area contributed by atoms with E-state index in [1.807, 2.05) is 4.90 Å². The van der Waals surface area contributed by atoms with Crippen molar-refractivity contribution in [1.29, 1.82) is 5.26 Å². The van der Waals surface area contributed by atoms with Crippen molar-refractivity contribution < 1.29 is 26.7 Å². The summed E-state index contributed by atoms with van der Waals surface area (Å²) in [6.45, 7) is 2.13. The first-order valence-electron chi connectivity index (χ1n) is 13.1. The van der Waals surface area contributed by atoms with Crippen molar-refractivity contribution in [2.45, 2.75) is 68.8 Å². The number of nitrogens with zero attached hydrogens (tertiary/aromatic N) is 3. The smallest absolute Gasteiger partial charge is 0.339 e. The van der Waals surface area contributed by atoms with E-state index in [0.29, 0.717) is 70.6 Å². The Morgan fingerprint density at radius 2 is 1.74 bits per heavy atom. The van der Waals surface area contributed by atoms with Crippen molar-refractivity contribution in [3.8, 4) is 6.19 Å². The second-order valence-corrected chi connectivity index (χ2v) is 11.0. The lowest BCUT2D eigenvalue weighted by Gasteiger charge is -2.45. The van der Waals surface area contributed by atoms with Gasteiger partial charge in [0.05, 0.1) is 0 Å². The first-order valence-corrected chi connectivity index (χ1v) is 13.1. The molecule has 2 aliphatic heterocycles. The molecule has 2 saturated heterocycles. The van der Waals surface area contributed by atoms with Crippen LogP contribution in [0.5, 0.6) is 0 Å². The summed E-state index contributed by atoms with van der Waals surface area (Å²) in [5.74, 6) is -0.483. The van der Waals surface area contributed by atoms with Crippen molar-refractivity contribution in [2.75, 3.05) is 19.6 Å². The van der Waals surface area contributed by atoms with Crippen LogP contribution in [0.15, 0.2) is 42.5 Å². The standard InChI is InChI=1S/C29H30F5N3O/c1-27(31,29(32,33)34)22-5-8-24-21(16-22)4-9-25-28(24,17-19-2-6-23(30)7-3-19)12-15-37(25)26(38)20-10-13-36(18-35)14-11-20/h2-3,5-8,16,20,25H,4,9-15,17H2,1H3/t25-,27?,28-/m1/s1. The second-order valence-electron chi connectivity index (χ2n) is 11.0. The van der Waals surface area contributed by atoms with Crippen LogP contribution < -0.4 is 0 Å². The fraction of sp³-hybridized carbons (Fsp3) is 0.517. The Hall–Kier alpha value is -3.15. The molecule has 2 aromatic rings. The molecule has 0 bridgehead atoms. The van der Waals surface area contributed by atoms with Crippen LogP contribution in [0.1, 0.15) is 54.9 Å². The number of halogens is 5. The lowest BCUT2D eigenvalue weighted by atomic mass is 9.63. The normalized spacial score (nSPS) is 25.3. The summed E-state index contributed by atoms with van der Waals surface area (Å²) in [6.07, 6.45) is 0.390. The highest BCUT2D eigenvalue weighted by Crippen LogP contribution is 2.51. The lowest BCUT2D eigenvalue weighted by molar-refractivity contribution is -0.228. The average molecular weight is 532 g/mol. The van der Waals surface area contributed by atoms with Crippen LogP contribution in [0.2, 0.25) is 0 Å². The number of likely N-dealkylation sites (tertiary alicyclic amines) is 2. The summed E-state index contributed by atoms with van der Waals surface area (Å²) in [7, 11) is 0. The molecular weight excluding hydrogens is 501 g/mol. The van der Waals surface area contributed by atoms with Gasteiger partial charge in [-0.3, -0.25) is 4.79 Å². The Labute approximate surface area is 219 Å². The molecule has 1 aliphatic carbocycles. The summed E-state index contributed by atoms with van der Waals surface area (Å²) < 4.78 is 68.8. The van der Waals surface area contributed by atoms with Gasteiger partial charge in [0.25, 0.3) is 0 Å². The summed E-state index contributed by atoms with van der Waals surface area (Å²) >= 11 is 0. The van der Waals surface area contributed by atoms with Gasteiger partial charge in [-0.15, -0.1) is 0 Å². The van der Waals surface area contributed by atoms with Gasteiger partial charge in [-0.1, -0.05) is 30.3 Å². The molecule has 2 aromatic carbocycles. The van der Waals surface area contributed by atoms with Crippen LogP contribution in [0.3, 0.4) is 0 Å². The molecule has 2 heterocycles. The molecule has 9 heteroatoms. The molecular formula is C29H30F5N3O. The minimum atomic E-state index is -5.04. The number of hydrogen-bond acceptors (Lipinski definition) is 3. The molecule has 0 saturated carbocycles. The van der Waals surface area contributed by atoms with E-state index in [1.54, 1.807) is 23.1 Å². The van der Waals surface area contributed by atoms with E-state index in [4.69, 9.17) is 5.26 Å². The van der Waals surface area contributed by atoms with Gasteiger partial charge in [-0.25, -0.2) is 8.78 Å². The molecule has 202 valence electrons. The molecule has 0 aromatic heterocycles. The molecule has 4 nitrogen and oxygen atoms in total. The lowest BCUT2D eigenvalue weighted by Crippen LogP contribution is -2.51. The number of piperidine rings is 1. The number of aryl methyl sites for hydroxylation is 1. The quantitative estimate of drug-likeness (QED) is 0.371. The Balaban J connectivity index is 1.51. The van der Waals surface area contributed by atoms with E-state index in [2.05, 4.69) is 6.19 Å². The first kappa shape index (κ1) is 26.5. The molecule has 1 unspecified atom stereocenters. The predicted octanol–water partition coefficient (Wildman–Crippen LogP) is 5.79. The highest BCUT2D eigenvalue weighted by atomic mass is 19.4. The molecule has 2 fully saturated rings. The molecule has 0 N–H and O–H groups in total. The number of carbonyl (C=O) groups is 1. The number of nitriles is 1. The van der Waals surface area contributed by atoms with Gasteiger partial charge in [-0.2, -0.15) is 18.4 Å². The van der Waals surface area contributed by atoms with E-state index in [-0.39, 0.29) is 23.7 Å². The molecule has 38 heavy (non-hydrogen) atoms. The Bertz CT molecular complexity index is 1240. The summed E-state index contributed by atoms with van der Waals surface area (Å²) in [6, 6.07) is 10.2. The monoisotopic (exact) mass is 531 g/mol. The molecule has 3 aliphatic rings. The molecule has 5 rings (SSSR count). The summed E-state index contributed by atoms with van der Waals surface area (Å²) in [5.41, 5.74) is -2.08. The van der Waals surface area contributed by atoms with Gasteiger partial charge in [0.15, 0.2) is 6.19 Å². The topological polar surface area (TPSA) is 47.3 Å². The first-order chi connectivity index (χ1) is 18.0. The number of rotatable bonds is 4. The van der Waals surface area contributed by atoms with Gasteiger partial charge in [-0.05, 0) is 79.8 Å². The zero-order valence-corrected chi connectivity index (χ0v) is 21.2. The molecule has 0 radical (unpaired) electrons. The van der Waals surface area contributed by atoms with E-state index >= 15 is 0 Å². The Morgan fingerprint density at radius 1 is 1.05 bits per heavy atom. The van der Waals surface area contributed by atoms with Crippen LogP contribution in [-0.4, -0.2) is 47.6 Å². The average Bonchev–Trinajstić information content (AvgIpc) is 3.28. The van der Waals surface area contributed by atoms with Crippen molar-refractivity contribution in [3.05, 3.63) is 70.5 Å². The molecule has 3 atom stereocenters. The zero-order chi connectivity index (χ0) is 27.3. The van der Waals surface area contributed by atoms with Gasteiger partial charge in [0.2, 0.25) is 11.6 Å².